The van der Waals surface area contributed by atoms with Crippen molar-refractivity contribution in [1.82, 2.24) is 4.98 Å². The van der Waals surface area contributed by atoms with Gasteiger partial charge >= 0.3 is 6.18 Å². The minimum atomic E-state index is -4.59. The Morgan fingerprint density at radius 1 is 1.31 bits per heavy atom. The van der Waals surface area contributed by atoms with Gasteiger partial charge in [0.1, 0.15) is 11.9 Å². The molecule has 1 aliphatic heterocycles. The van der Waals surface area contributed by atoms with Crippen LogP contribution in [0.5, 0.6) is 0 Å². The van der Waals surface area contributed by atoms with Crippen LogP contribution in [0, 0.1) is 6.92 Å². The number of alkyl halides is 3. The van der Waals surface area contributed by atoms with E-state index in [9.17, 15) is 22.8 Å². The van der Waals surface area contributed by atoms with E-state index in [1.165, 1.54) is 6.92 Å². The van der Waals surface area contributed by atoms with Crippen molar-refractivity contribution in [2.45, 2.75) is 32.0 Å². The minimum absolute atomic E-state index is 0.0312. The summed E-state index contributed by atoms with van der Waals surface area (Å²) >= 11 is 6.10. The number of anilines is 3. The van der Waals surface area contributed by atoms with Crippen molar-refractivity contribution in [1.29, 1.82) is 0 Å². The van der Waals surface area contributed by atoms with Crippen LogP contribution in [-0.4, -0.2) is 29.9 Å². The van der Waals surface area contributed by atoms with E-state index in [1.807, 2.05) is 0 Å². The van der Waals surface area contributed by atoms with Crippen LogP contribution < -0.4 is 15.5 Å². The van der Waals surface area contributed by atoms with Gasteiger partial charge in [0.05, 0.1) is 22.0 Å². The van der Waals surface area contributed by atoms with Gasteiger partial charge in [-0.1, -0.05) is 17.7 Å². The lowest BCUT2D eigenvalue weighted by atomic mass is 10.1. The molecule has 2 amide bonds. The Balaban J connectivity index is 1.93. The molecule has 0 saturated carbocycles. The first kappa shape index (κ1) is 20.9. The number of para-hydroxylation sites is 1. The molecule has 1 aromatic heterocycles. The maximum absolute atomic E-state index is 13.2. The number of hydrogen-bond donors (Lipinski definition) is 2. The molecule has 1 aliphatic rings. The molecule has 10 heteroatoms. The van der Waals surface area contributed by atoms with Crippen LogP contribution in [0.3, 0.4) is 0 Å². The molecule has 1 aromatic carbocycles. The highest BCUT2D eigenvalue weighted by Gasteiger charge is 2.40. The first-order valence-corrected chi connectivity index (χ1v) is 9.14. The zero-order valence-corrected chi connectivity index (χ0v) is 16.4. The van der Waals surface area contributed by atoms with E-state index in [2.05, 4.69) is 15.6 Å². The third-order valence-electron chi connectivity index (χ3n) is 4.55. The van der Waals surface area contributed by atoms with E-state index in [4.69, 9.17) is 11.6 Å². The Kier molecular flexibility index (Phi) is 5.70. The molecule has 0 bridgehead atoms. The molecule has 0 spiro atoms. The van der Waals surface area contributed by atoms with Crippen LogP contribution in [0.1, 0.15) is 24.1 Å². The number of benzene rings is 1. The molecule has 1 fully saturated rings. The van der Waals surface area contributed by atoms with Gasteiger partial charge in [0.2, 0.25) is 11.8 Å². The Morgan fingerprint density at radius 3 is 2.69 bits per heavy atom. The SMILES string of the molecule is CNc1c(Cl)cccc1NC(=O)C1CCC(=O)N1c1cc(C(F)(F)F)cc(C)n1. The van der Waals surface area contributed by atoms with E-state index in [0.717, 1.165) is 17.0 Å². The molecule has 6 nitrogen and oxygen atoms in total. The molecule has 2 heterocycles. The molecule has 0 radical (unpaired) electrons. The number of carbonyl (C=O) groups is 2. The average Bonchev–Trinajstić information content (AvgIpc) is 3.02. The summed E-state index contributed by atoms with van der Waals surface area (Å²) in [5, 5.41) is 5.96. The highest BCUT2D eigenvalue weighted by atomic mass is 35.5. The summed E-state index contributed by atoms with van der Waals surface area (Å²) in [6.45, 7) is 1.40. The van der Waals surface area contributed by atoms with Crippen LogP contribution in [-0.2, 0) is 15.8 Å². The second kappa shape index (κ2) is 7.90. The third-order valence-corrected chi connectivity index (χ3v) is 4.87. The Labute approximate surface area is 170 Å². The van der Waals surface area contributed by atoms with E-state index in [0.29, 0.717) is 16.4 Å². The number of amides is 2. The Hall–Kier alpha value is -2.81. The zero-order valence-electron chi connectivity index (χ0n) is 15.6. The first-order valence-electron chi connectivity index (χ1n) is 8.77. The number of carbonyl (C=O) groups excluding carboxylic acids is 2. The number of nitrogens with zero attached hydrogens (tertiary/aromatic N) is 2. The van der Waals surface area contributed by atoms with Crippen molar-refractivity contribution in [3.05, 3.63) is 46.6 Å². The highest BCUT2D eigenvalue weighted by Crippen LogP contribution is 2.35. The van der Waals surface area contributed by atoms with Crippen molar-refractivity contribution in [2.75, 3.05) is 22.6 Å². The molecule has 1 unspecified atom stereocenters. The monoisotopic (exact) mass is 426 g/mol. The fourth-order valence-corrected chi connectivity index (χ4v) is 3.52. The average molecular weight is 427 g/mol. The topological polar surface area (TPSA) is 74.3 Å². The summed E-state index contributed by atoms with van der Waals surface area (Å²) in [7, 11) is 1.64. The van der Waals surface area contributed by atoms with Gasteiger partial charge in [-0.2, -0.15) is 13.2 Å². The van der Waals surface area contributed by atoms with E-state index < -0.39 is 29.6 Å². The van der Waals surface area contributed by atoms with Gasteiger partial charge in [0.15, 0.2) is 0 Å². The van der Waals surface area contributed by atoms with Crippen LogP contribution in [0.4, 0.5) is 30.4 Å². The van der Waals surface area contributed by atoms with Crippen LogP contribution >= 0.6 is 11.6 Å². The fourth-order valence-electron chi connectivity index (χ4n) is 3.26. The number of rotatable bonds is 4. The van der Waals surface area contributed by atoms with Crippen molar-refractivity contribution in [3.8, 4) is 0 Å². The quantitative estimate of drug-likeness (QED) is 0.767. The van der Waals surface area contributed by atoms with Crippen molar-refractivity contribution in [3.63, 3.8) is 0 Å². The molecule has 1 saturated heterocycles. The molecule has 2 aromatic rings. The lowest BCUT2D eigenvalue weighted by Crippen LogP contribution is -2.42. The number of aromatic nitrogens is 1. The van der Waals surface area contributed by atoms with Gasteiger partial charge in [-0.3, -0.25) is 14.5 Å². The van der Waals surface area contributed by atoms with Crippen molar-refractivity contribution < 1.29 is 22.8 Å². The molecule has 2 N–H and O–H groups in total. The molecule has 1 atom stereocenters. The van der Waals surface area contributed by atoms with Gasteiger partial charge < -0.3 is 10.6 Å². The van der Waals surface area contributed by atoms with Gasteiger partial charge in [0.25, 0.3) is 0 Å². The van der Waals surface area contributed by atoms with E-state index in [-0.39, 0.29) is 24.4 Å². The maximum Gasteiger partial charge on any atom is 0.416 e. The number of aryl methyl sites for hydroxylation is 1. The van der Waals surface area contributed by atoms with Gasteiger partial charge in [-0.15, -0.1) is 0 Å². The smallest absolute Gasteiger partial charge is 0.385 e. The molecule has 154 valence electrons. The third kappa shape index (κ3) is 4.29. The van der Waals surface area contributed by atoms with Crippen molar-refractivity contribution in [2.24, 2.45) is 0 Å². The summed E-state index contributed by atoms with van der Waals surface area (Å²) in [6, 6.07) is 5.61. The van der Waals surface area contributed by atoms with Crippen LogP contribution in [0.15, 0.2) is 30.3 Å². The summed E-state index contributed by atoms with van der Waals surface area (Å²) in [6.07, 6.45) is -4.40. The first-order chi connectivity index (χ1) is 13.6. The Bertz CT molecular complexity index is 965. The number of halogens is 4. The number of pyridine rings is 1. The molecule has 0 aliphatic carbocycles. The number of nitrogens with one attached hydrogen (secondary N) is 2. The summed E-state index contributed by atoms with van der Waals surface area (Å²) in [5.74, 6) is -1.19. The predicted molar refractivity (Wildman–Crippen MR) is 104 cm³/mol. The fraction of sp³-hybridized carbons (Fsp3) is 0.316. The van der Waals surface area contributed by atoms with E-state index in [1.54, 1.807) is 25.2 Å². The summed E-state index contributed by atoms with van der Waals surface area (Å²) < 4.78 is 39.5. The van der Waals surface area contributed by atoms with Crippen LogP contribution in [0.25, 0.3) is 0 Å². The van der Waals surface area contributed by atoms with Crippen LogP contribution in [0.2, 0.25) is 5.02 Å². The predicted octanol–water partition coefficient (Wildman–Crippen LogP) is 4.24. The normalized spacial score (nSPS) is 16.8. The van der Waals surface area contributed by atoms with Gasteiger partial charge in [-0.25, -0.2) is 4.98 Å². The van der Waals surface area contributed by atoms with E-state index >= 15 is 0 Å². The van der Waals surface area contributed by atoms with Gasteiger partial charge in [-0.05, 0) is 37.6 Å². The van der Waals surface area contributed by atoms with Crippen molar-refractivity contribution >= 4 is 40.6 Å². The summed E-state index contributed by atoms with van der Waals surface area (Å²) in [4.78, 5) is 30.3. The molecule has 3 rings (SSSR count). The number of hydrogen-bond acceptors (Lipinski definition) is 4. The second-order valence-electron chi connectivity index (χ2n) is 6.57. The molecule has 29 heavy (non-hydrogen) atoms. The zero-order chi connectivity index (χ0) is 21.3. The lowest BCUT2D eigenvalue weighted by molar-refractivity contribution is -0.137. The standard InChI is InChI=1S/C19H18ClF3N4O2/c1-10-8-11(19(21,22)23)9-15(25-10)27-14(6-7-16(27)28)18(29)26-13-5-3-4-12(20)17(13)24-2/h3-5,8-9,14,24H,6-7H2,1-2H3,(H,26,29). The highest BCUT2D eigenvalue weighted by molar-refractivity contribution is 6.34. The Morgan fingerprint density at radius 2 is 2.03 bits per heavy atom. The lowest BCUT2D eigenvalue weighted by Gasteiger charge is -2.25. The second-order valence-corrected chi connectivity index (χ2v) is 6.98. The maximum atomic E-state index is 13.2. The van der Waals surface area contributed by atoms with Gasteiger partial charge in [0, 0.05) is 19.2 Å². The summed E-state index contributed by atoms with van der Waals surface area (Å²) in [5.41, 5.74) is 0.0658. The minimum Gasteiger partial charge on any atom is -0.385 e. The largest absolute Gasteiger partial charge is 0.416 e. The molecular weight excluding hydrogens is 409 g/mol. The molecular formula is C19H18ClF3N4O2.